The van der Waals surface area contributed by atoms with Gasteiger partial charge in [-0.15, -0.1) is 11.8 Å². The highest BCUT2D eigenvalue weighted by Crippen LogP contribution is 2.37. The third kappa shape index (κ3) is 20.4. The van der Waals surface area contributed by atoms with Gasteiger partial charge in [0.25, 0.3) is 5.91 Å². The second-order valence-electron chi connectivity index (χ2n) is 24.9. The molecule has 6 aliphatic rings. The molecule has 19 N–H and O–H groups in total. The molecule has 30 atom stereocenters. The topological polar surface area (TPSA) is 539 Å². The van der Waals surface area contributed by atoms with Crippen LogP contribution in [0, 0.1) is 11.8 Å². The van der Waals surface area contributed by atoms with Crippen LogP contribution in [0.25, 0.3) is 0 Å². The lowest BCUT2D eigenvalue weighted by molar-refractivity contribution is -0.368. The highest BCUT2D eigenvalue weighted by atomic mass is 16.8. The van der Waals surface area contributed by atoms with Gasteiger partial charge in [0, 0.05) is 46.1 Å². The number of hydrogen-bond acceptors (Lipinski definition) is 31. The Bertz CT molecular complexity index is 2770. The van der Waals surface area contributed by atoms with Gasteiger partial charge in [0.1, 0.15) is 146 Å². The predicted molar refractivity (Wildman–Crippen MR) is 327 cm³/mol. The van der Waals surface area contributed by atoms with E-state index in [9.17, 15) is 95.5 Å². The zero-order valence-corrected chi connectivity index (χ0v) is 55.0. The van der Waals surface area contributed by atoms with Crippen molar-refractivity contribution in [2.75, 3.05) is 39.6 Å². The van der Waals surface area contributed by atoms with Crippen molar-refractivity contribution < 1.29 is 152 Å². The van der Waals surface area contributed by atoms with E-state index in [1.54, 1.807) is 12.1 Å². The summed E-state index contributed by atoms with van der Waals surface area (Å²) < 4.78 is 71.9. The molecular formula is C62H97N5O31. The molecule has 0 radical (unpaired) electrons. The van der Waals surface area contributed by atoms with Crippen molar-refractivity contribution >= 4 is 29.5 Å². The summed E-state index contributed by atoms with van der Waals surface area (Å²) in [6.07, 6.45) is -38.5. The number of carbonyl (C=O) groups excluding carboxylic acids is 5. The van der Waals surface area contributed by atoms with Gasteiger partial charge in [-0.25, -0.2) is 0 Å². The SMILES string of the molecule is CCCCCCC#CCCCOc1cccc(C(=O)N[C@@H]2C(O[C@@H]3C(CO)O[C@@H](OC4C(CO)O[C@@H](O[C@@H]5C(CO)OC(OC6C(CO[C@@H]7OC(C)C(O)[C@H](O)[C@H]7O)OC(O)[C@@H](NC(C)=O)[C@H]6O)C(NC(C)=O)C5O)[C@@H](NC(C)=O)[C@H]4O)C(NC(C)=O)C3O)OC(CO)[C@@H](O)[C@@H]2O)c1. The first kappa shape index (κ1) is 80.2. The molecule has 5 amide bonds. The van der Waals surface area contributed by atoms with Crippen LogP contribution in [0.5, 0.6) is 5.75 Å². The highest BCUT2D eigenvalue weighted by molar-refractivity contribution is 5.94. The van der Waals surface area contributed by atoms with E-state index in [-0.39, 0.29) is 12.2 Å². The maximum absolute atomic E-state index is 13.9. The summed E-state index contributed by atoms with van der Waals surface area (Å²) >= 11 is 0. The smallest absolute Gasteiger partial charge is 0.251 e. The zero-order chi connectivity index (χ0) is 71.8. The van der Waals surface area contributed by atoms with Crippen LogP contribution in [0.15, 0.2) is 24.3 Å². The van der Waals surface area contributed by atoms with Crippen LogP contribution < -0.4 is 31.3 Å². The Labute approximate surface area is 564 Å². The predicted octanol–water partition coefficient (Wildman–Crippen LogP) is -7.93. The first-order valence-electron chi connectivity index (χ1n) is 32.6. The maximum atomic E-state index is 13.9. The van der Waals surface area contributed by atoms with Crippen molar-refractivity contribution in [1.29, 1.82) is 0 Å². The molecular weight excluding hydrogens is 1310 g/mol. The van der Waals surface area contributed by atoms with Gasteiger partial charge in [0.05, 0.1) is 45.7 Å². The van der Waals surface area contributed by atoms with E-state index in [1.807, 2.05) is 0 Å². The number of rotatable bonds is 29. The quantitative estimate of drug-likeness (QED) is 0.0262. The van der Waals surface area contributed by atoms with E-state index in [2.05, 4.69) is 45.3 Å². The molecule has 6 saturated heterocycles. The van der Waals surface area contributed by atoms with Crippen molar-refractivity contribution in [3.05, 3.63) is 29.8 Å². The zero-order valence-electron chi connectivity index (χ0n) is 55.0. The van der Waals surface area contributed by atoms with Crippen LogP contribution in [0.1, 0.15) is 96.8 Å². The summed E-state index contributed by atoms with van der Waals surface area (Å²) in [5, 5.41) is 168. The third-order valence-corrected chi connectivity index (χ3v) is 17.4. The minimum atomic E-state index is -2.08. The number of nitrogens with one attached hydrogen (secondary N) is 5. The molecule has 1 aromatic carbocycles. The molecule has 98 heavy (non-hydrogen) atoms. The van der Waals surface area contributed by atoms with Gasteiger partial charge in [0.2, 0.25) is 23.6 Å². The molecule has 6 fully saturated rings. The van der Waals surface area contributed by atoms with Crippen LogP contribution in [-0.2, 0) is 71.3 Å². The van der Waals surface area contributed by atoms with Gasteiger partial charge in [0.15, 0.2) is 37.7 Å². The number of carbonyl (C=O) groups is 5. The van der Waals surface area contributed by atoms with E-state index in [0.717, 1.165) is 59.8 Å². The molecule has 16 unspecified atom stereocenters. The lowest BCUT2D eigenvalue weighted by Crippen LogP contribution is -2.72. The van der Waals surface area contributed by atoms with Gasteiger partial charge < -0.3 is 155 Å². The molecule has 36 heteroatoms. The summed E-state index contributed by atoms with van der Waals surface area (Å²) in [4.78, 5) is 65.0. The summed E-state index contributed by atoms with van der Waals surface area (Å²) in [5.41, 5.74) is 0.0314. The normalized spacial score (nSPS) is 39.6. The standard InChI is InChI=1S/C62H97N5O31/c1-7-8-9-10-11-12-13-14-15-19-87-32-18-16-17-31(20-32)56(85)67-39-45(78)44(77)33(21-68)91-58(39)95-52-34(22-69)92-59(40(47(52)80)64-28(4)73)96-53-35(23-70)93-60(41(48(53)81)65-29(5)74)97-54-36(24-71)94-61(42(49(54)82)66-30(6)75)98-55-37(90-57(86)38(46(55)79)63-27(3)72)25-88-62-51(84)50(83)43(76)26(2)89-62/h16-18,20,26,33-55,57-62,68-71,76-84,86H,7-11,14-15,19,21-25H2,1-6H3,(H,63,72)(H,64,73)(H,65,74)(H,66,75)(H,67,85)/t26?,33?,34?,35?,36?,37?,38-,39-,40?,41-,42?,43?,44+,45+,46+,47?,48+,49?,50-,51+,52+,53?,54+,55?,57?,58?,59-,60-,61?,62+/m0/s1. The Hall–Kier alpha value is -5.07. The molecule has 556 valence electrons. The lowest BCUT2D eigenvalue weighted by atomic mass is 9.93. The number of aliphatic hydroxyl groups is 14. The van der Waals surface area contributed by atoms with E-state index in [1.165, 1.54) is 19.1 Å². The van der Waals surface area contributed by atoms with Gasteiger partial charge in [-0.1, -0.05) is 32.3 Å². The van der Waals surface area contributed by atoms with Crippen LogP contribution in [0.4, 0.5) is 0 Å². The molecule has 6 aliphatic heterocycles. The number of amides is 5. The summed E-state index contributed by atoms with van der Waals surface area (Å²) in [6.45, 7) is 3.20. The third-order valence-electron chi connectivity index (χ3n) is 17.4. The molecule has 0 aromatic heterocycles. The number of ether oxygens (including phenoxy) is 12. The molecule has 0 aliphatic carbocycles. The molecule has 36 nitrogen and oxygen atoms in total. The Morgan fingerprint density at radius 1 is 0.449 bits per heavy atom. The van der Waals surface area contributed by atoms with Crippen LogP contribution in [0.3, 0.4) is 0 Å². The average Bonchev–Trinajstić information content (AvgIpc) is 0.772. The monoisotopic (exact) mass is 1410 g/mol. The fraction of sp³-hybridized carbons (Fsp3) is 0.790. The van der Waals surface area contributed by atoms with E-state index < -0.39 is 246 Å². The van der Waals surface area contributed by atoms with E-state index in [4.69, 9.17) is 56.8 Å². The first-order valence-corrected chi connectivity index (χ1v) is 32.6. The summed E-state index contributed by atoms with van der Waals surface area (Å²) in [6, 6.07) is -2.60. The largest absolute Gasteiger partial charge is 0.494 e. The van der Waals surface area contributed by atoms with Gasteiger partial charge in [-0.2, -0.15) is 0 Å². The van der Waals surface area contributed by atoms with Crippen molar-refractivity contribution in [1.82, 2.24) is 26.6 Å². The molecule has 7 rings (SSSR count). The second kappa shape index (κ2) is 37.7. The highest BCUT2D eigenvalue weighted by Gasteiger charge is 2.58. The number of unbranched alkanes of at least 4 members (excludes halogenated alkanes) is 5. The van der Waals surface area contributed by atoms with E-state index >= 15 is 0 Å². The Balaban J connectivity index is 1.07. The van der Waals surface area contributed by atoms with Gasteiger partial charge >= 0.3 is 0 Å². The Morgan fingerprint density at radius 2 is 0.878 bits per heavy atom. The first-order chi connectivity index (χ1) is 46.7. The van der Waals surface area contributed by atoms with Crippen molar-refractivity contribution in [3.63, 3.8) is 0 Å². The molecule has 6 heterocycles. The maximum Gasteiger partial charge on any atom is 0.251 e. The minimum Gasteiger partial charge on any atom is -0.494 e. The molecule has 0 saturated carbocycles. The average molecular weight is 1410 g/mol. The van der Waals surface area contributed by atoms with Crippen LogP contribution >= 0.6 is 0 Å². The minimum absolute atomic E-state index is 0.0314. The Kier molecular flexibility index (Phi) is 30.9. The lowest BCUT2D eigenvalue weighted by Gasteiger charge is -2.51. The summed E-state index contributed by atoms with van der Waals surface area (Å²) in [7, 11) is 0. The van der Waals surface area contributed by atoms with Crippen molar-refractivity contribution in [3.8, 4) is 17.6 Å². The second-order valence-corrected chi connectivity index (χ2v) is 24.9. The van der Waals surface area contributed by atoms with Crippen molar-refractivity contribution in [2.24, 2.45) is 0 Å². The number of hydrogen-bond donors (Lipinski definition) is 19. The fourth-order valence-electron chi connectivity index (χ4n) is 12.3. The Morgan fingerprint density at radius 3 is 1.34 bits per heavy atom. The van der Waals surface area contributed by atoms with Crippen LogP contribution in [0.2, 0.25) is 0 Å². The number of benzene rings is 1. The number of aliphatic hydroxyl groups excluding tert-OH is 14. The molecule has 0 bridgehead atoms. The van der Waals surface area contributed by atoms with Gasteiger partial charge in [-0.3, -0.25) is 24.0 Å². The fourth-order valence-corrected chi connectivity index (χ4v) is 12.3. The van der Waals surface area contributed by atoms with Crippen LogP contribution in [-0.4, -0.2) is 325 Å². The van der Waals surface area contributed by atoms with E-state index in [0.29, 0.717) is 18.6 Å². The molecule has 1 aromatic rings. The van der Waals surface area contributed by atoms with Crippen molar-refractivity contribution in [2.45, 2.75) is 270 Å². The van der Waals surface area contributed by atoms with Gasteiger partial charge in [-0.05, 0) is 38.0 Å². The molecule has 0 spiro atoms. The summed E-state index contributed by atoms with van der Waals surface area (Å²) in [5.74, 6) is 2.53.